The summed E-state index contributed by atoms with van der Waals surface area (Å²) in [4.78, 5) is 0. The molecule has 3 rings (SSSR count). The van der Waals surface area contributed by atoms with Crippen molar-refractivity contribution in [3.63, 3.8) is 0 Å². The molecule has 0 saturated heterocycles. The van der Waals surface area contributed by atoms with Crippen molar-refractivity contribution in [2.75, 3.05) is 0 Å². The molecule has 0 aromatic carbocycles. The van der Waals surface area contributed by atoms with Gasteiger partial charge in [0.2, 0.25) is 0 Å². The monoisotopic (exact) mass is 253 g/mol. The Morgan fingerprint density at radius 2 is 2.11 bits per heavy atom. The Morgan fingerprint density at radius 1 is 1.33 bits per heavy atom. The molecule has 0 atom stereocenters. The second-order valence-electron chi connectivity index (χ2n) is 5.23. The molecule has 2 aliphatic rings. The molecule has 5 heteroatoms. The first-order chi connectivity index (χ1) is 8.72. The van der Waals surface area contributed by atoms with E-state index >= 15 is 0 Å². The van der Waals surface area contributed by atoms with Crippen LogP contribution < -0.4 is 5.32 Å². The zero-order valence-corrected chi connectivity index (χ0v) is 10.3. The van der Waals surface area contributed by atoms with Crippen molar-refractivity contribution in [3.05, 3.63) is 29.1 Å². The number of hydrogen-bond acceptors (Lipinski definition) is 2. The Balaban J connectivity index is 1.59. The van der Waals surface area contributed by atoms with Crippen molar-refractivity contribution in [1.82, 2.24) is 15.1 Å². The van der Waals surface area contributed by atoms with Crippen LogP contribution in [-0.2, 0) is 19.6 Å². The van der Waals surface area contributed by atoms with Crippen LogP contribution in [0.15, 0.2) is 17.9 Å². The number of halogens is 2. The molecule has 98 valence electrons. The summed E-state index contributed by atoms with van der Waals surface area (Å²) in [5.74, 6) is 0.487. The van der Waals surface area contributed by atoms with Crippen LogP contribution in [0.2, 0.25) is 0 Å². The zero-order valence-electron chi connectivity index (χ0n) is 10.3. The van der Waals surface area contributed by atoms with Crippen molar-refractivity contribution in [3.8, 4) is 0 Å². The molecule has 1 aromatic rings. The number of fused-ring (bicyclic) bond motifs is 1. The molecule has 1 aromatic heterocycles. The molecular weight excluding hydrogens is 236 g/mol. The van der Waals surface area contributed by atoms with Gasteiger partial charge in [-0.15, -0.1) is 0 Å². The van der Waals surface area contributed by atoms with Gasteiger partial charge in [-0.2, -0.15) is 13.9 Å². The molecular formula is C13H17F2N3. The fourth-order valence-corrected chi connectivity index (χ4v) is 2.87. The summed E-state index contributed by atoms with van der Waals surface area (Å²) in [5.41, 5.74) is 2.78. The average molecular weight is 253 g/mol. The van der Waals surface area contributed by atoms with Crippen molar-refractivity contribution in [2.24, 2.45) is 5.92 Å². The predicted octanol–water partition coefficient (Wildman–Crippen LogP) is 2.83. The van der Waals surface area contributed by atoms with E-state index in [-0.39, 0.29) is 0 Å². The first-order valence-corrected chi connectivity index (χ1v) is 6.51. The second-order valence-corrected chi connectivity index (χ2v) is 5.23. The number of nitrogens with one attached hydrogen (secondary N) is 1. The minimum atomic E-state index is -1.46. The lowest BCUT2D eigenvalue weighted by atomic mass is 9.86. The molecule has 1 saturated carbocycles. The van der Waals surface area contributed by atoms with Gasteiger partial charge in [0.25, 0.3) is 6.08 Å². The fourth-order valence-electron chi connectivity index (χ4n) is 2.87. The Morgan fingerprint density at radius 3 is 2.78 bits per heavy atom. The number of rotatable bonds is 2. The third-order valence-corrected chi connectivity index (χ3v) is 3.95. The minimum Gasteiger partial charge on any atom is -0.307 e. The zero-order chi connectivity index (χ0) is 12.5. The maximum atomic E-state index is 12.4. The molecule has 0 bridgehead atoms. The predicted molar refractivity (Wildman–Crippen MR) is 64.0 cm³/mol. The topological polar surface area (TPSA) is 29.9 Å². The van der Waals surface area contributed by atoms with Crippen LogP contribution in [0.4, 0.5) is 8.78 Å². The molecule has 0 unspecified atom stereocenters. The highest BCUT2D eigenvalue weighted by Crippen LogP contribution is 2.32. The number of aromatic nitrogens is 2. The summed E-state index contributed by atoms with van der Waals surface area (Å²) in [6, 6.07) is 0. The third-order valence-electron chi connectivity index (χ3n) is 3.95. The van der Waals surface area contributed by atoms with E-state index in [1.807, 2.05) is 4.68 Å². The van der Waals surface area contributed by atoms with E-state index in [0.717, 1.165) is 38.2 Å². The molecule has 2 heterocycles. The van der Waals surface area contributed by atoms with Crippen LogP contribution in [0.5, 0.6) is 0 Å². The van der Waals surface area contributed by atoms with Crippen LogP contribution in [-0.4, -0.2) is 9.78 Å². The summed E-state index contributed by atoms with van der Waals surface area (Å²) in [5, 5.41) is 7.78. The van der Waals surface area contributed by atoms with E-state index in [4.69, 9.17) is 0 Å². The molecule has 0 spiro atoms. The molecule has 18 heavy (non-hydrogen) atoms. The number of nitrogens with zero attached hydrogens (tertiary/aromatic N) is 2. The van der Waals surface area contributed by atoms with E-state index in [0.29, 0.717) is 24.3 Å². The standard InChI is InChI=1S/C13H17F2N3/c14-13(15)10-3-1-9(2-4-10)7-18-8-11-5-16-6-12(11)17-18/h8-9,16H,1-7H2. The van der Waals surface area contributed by atoms with Gasteiger partial charge in [-0.3, -0.25) is 4.68 Å². The molecule has 0 amide bonds. The van der Waals surface area contributed by atoms with Gasteiger partial charge in [0.1, 0.15) is 0 Å². The van der Waals surface area contributed by atoms with Gasteiger partial charge in [0.15, 0.2) is 0 Å². The van der Waals surface area contributed by atoms with Crippen molar-refractivity contribution >= 4 is 0 Å². The summed E-state index contributed by atoms with van der Waals surface area (Å²) in [6.45, 7) is 2.63. The molecule has 1 aliphatic carbocycles. The SMILES string of the molecule is FC(F)=C1CCC(Cn2cc3c(n2)CNC3)CC1. The van der Waals surface area contributed by atoms with E-state index in [2.05, 4.69) is 16.6 Å². The number of allylic oxidation sites excluding steroid dienone is 1. The highest BCUT2D eigenvalue weighted by molar-refractivity contribution is 5.20. The van der Waals surface area contributed by atoms with Crippen LogP contribution >= 0.6 is 0 Å². The summed E-state index contributed by atoms with van der Waals surface area (Å²) < 4.78 is 26.9. The second kappa shape index (κ2) is 4.80. The quantitative estimate of drug-likeness (QED) is 0.878. The Labute approximate surface area is 105 Å². The van der Waals surface area contributed by atoms with E-state index < -0.39 is 6.08 Å². The van der Waals surface area contributed by atoms with Crippen LogP contribution in [0.25, 0.3) is 0 Å². The van der Waals surface area contributed by atoms with Crippen molar-refractivity contribution < 1.29 is 8.78 Å². The lowest BCUT2D eigenvalue weighted by molar-refractivity contribution is 0.321. The lowest BCUT2D eigenvalue weighted by Crippen LogP contribution is -2.16. The molecule has 0 radical (unpaired) electrons. The minimum absolute atomic E-state index is 0.360. The highest BCUT2D eigenvalue weighted by atomic mass is 19.3. The Bertz CT molecular complexity index is 443. The van der Waals surface area contributed by atoms with Gasteiger partial charge in [0, 0.05) is 31.4 Å². The van der Waals surface area contributed by atoms with Gasteiger partial charge in [-0.1, -0.05) is 0 Å². The van der Waals surface area contributed by atoms with Gasteiger partial charge >= 0.3 is 0 Å². The molecule has 1 fully saturated rings. The molecule has 1 aliphatic heterocycles. The Kier molecular flexibility index (Phi) is 3.16. The van der Waals surface area contributed by atoms with E-state index in [9.17, 15) is 8.78 Å². The van der Waals surface area contributed by atoms with Crippen LogP contribution in [0.1, 0.15) is 36.9 Å². The fraction of sp³-hybridized carbons (Fsp3) is 0.615. The molecule has 1 N–H and O–H groups in total. The summed E-state index contributed by atoms with van der Waals surface area (Å²) in [7, 11) is 0. The van der Waals surface area contributed by atoms with E-state index in [1.54, 1.807) is 0 Å². The van der Waals surface area contributed by atoms with Gasteiger partial charge in [0.05, 0.1) is 5.69 Å². The van der Waals surface area contributed by atoms with Crippen LogP contribution in [0.3, 0.4) is 0 Å². The van der Waals surface area contributed by atoms with Gasteiger partial charge in [-0.05, 0) is 37.2 Å². The van der Waals surface area contributed by atoms with E-state index in [1.165, 1.54) is 5.56 Å². The maximum Gasteiger partial charge on any atom is 0.269 e. The average Bonchev–Trinajstić information content (AvgIpc) is 2.90. The largest absolute Gasteiger partial charge is 0.307 e. The normalized spacial score (nSPS) is 23.2. The van der Waals surface area contributed by atoms with Crippen molar-refractivity contribution in [2.45, 2.75) is 45.3 Å². The number of hydrogen-bond donors (Lipinski definition) is 1. The summed E-state index contributed by atoms with van der Waals surface area (Å²) >= 11 is 0. The lowest BCUT2D eigenvalue weighted by Gasteiger charge is -2.23. The highest BCUT2D eigenvalue weighted by Gasteiger charge is 2.21. The van der Waals surface area contributed by atoms with Crippen LogP contribution in [0, 0.1) is 5.92 Å². The first kappa shape index (κ1) is 11.8. The van der Waals surface area contributed by atoms with Crippen molar-refractivity contribution in [1.29, 1.82) is 0 Å². The van der Waals surface area contributed by atoms with Gasteiger partial charge < -0.3 is 5.32 Å². The Hall–Kier alpha value is -1.23. The maximum absolute atomic E-state index is 12.4. The first-order valence-electron chi connectivity index (χ1n) is 6.51. The smallest absolute Gasteiger partial charge is 0.269 e. The third kappa shape index (κ3) is 2.32. The summed E-state index contributed by atoms with van der Waals surface area (Å²) in [6.07, 6.45) is 3.45. The molecule has 3 nitrogen and oxygen atoms in total. The van der Waals surface area contributed by atoms with Gasteiger partial charge in [-0.25, -0.2) is 0 Å².